The molecule has 0 amide bonds. The van der Waals surface area contributed by atoms with E-state index >= 15 is 0 Å². The number of ether oxygens (including phenoxy) is 2. The van der Waals surface area contributed by atoms with Crippen LogP contribution in [0, 0.1) is 0 Å². The molecule has 7 nitrogen and oxygen atoms in total. The predicted octanol–water partition coefficient (Wildman–Crippen LogP) is 2.37. The quantitative estimate of drug-likeness (QED) is 0.690. The van der Waals surface area contributed by atoms with Gasteiger partial charge in [-0.2, -0.15) is 5.10 Å². The average molecular weight is 353 g/mol. The lowest BCUT2D eigenvalue weighted by atomic mass is 10.2. The number of rotatable bonds is 6. The van der Waals surface area contributed by atoms with Crippen molar-refractivity contribution in [2.45, 2.75) is 13.3 Å². The van der Waals surface area contributed by atoms with Crippen molar-refractivity contribution in [3.8, 4) is 11.5 Å². The molecule has 0 saturated carbocycles. The molecule has 0 spiro atoms. The first-order valence-electron chi connectivity index (χ1n) is 8.23. The molecule has 2 aromatic carbocycles. The summed E-state index contributed by atoms with van der Waals surface area (Å²) in [6, 6.07) is 12.1. The summed E-state index contributed by atoms with van der Waals surface area (Å²) in [6.07, 6.45) is 2.30. The maximum Gasteiger partial charge on any atom is 0.349 e. The number of hydrogen-bond donors (Lipinski definition) is 1. The topological polar surface area (TPSA) is 85.7 Å². The predicted molar refractivity (Wildman–Crippen MR) is 101 cm³/mol. The minimum atomic E-state index is -0.596. The molecule has 0 fully saturated rings. The largest absolute Gasteiger partial charge is 0.493 e. The maximum absolute atomic E-state index is 12.5. The standard InChI is InChI=1S/C19H19N3O4/c1-3-10-26-17-11-13(8-9-16(17)25-2)12-20-22-18(23)14-6-4-5-7-15(14)21-19(22)24/h4-9,11-12H,3,10H2,1-2H3,(H,21,24). The molecule has 0 unspecified atom stereocenters. The van der Waals surface area contributed by atoms with Gasteiger partial charge in [0.1, 0.15) is 0 Å². The molecule has 1 aromatic heterocycles. The molecule has 134 valence electrons. The van der Waals surface area contributed by atoms with Crippen molar-refractivity contribution in [3.63, 3.8) is 0 Å². The van der Waals surface area contributed by atoms with Gasteiger partial charge in [-0.25, -0.2) is 4.79 Å². The van der Waals surface area contributed by atoms with E-state index in [9.17, 15) is 9.59 Å². The highest BCUT2D eigenvalue weighted by Crippen LogP contribution is 2.27. The number of benzene rings is 2. The fraction of sp³-hybridized carbons (Fsp3) is 0.211. The van der Waals surface area contributed by atoms with E-state index in [1.807, 2.05) is 6.92 Å². The molecule has 7 heteroatoms. The van der Waals surface area contributed by atoms with Crippen molar-refractivity contribution < 1.29 is 9.47 Å². The van der Waals surface area contributed by atoms with Crippen LogP contribution in [0.2, 0.25) is 0 Å². The van der Waals surface area contributed by atoms with Crippen LogP contribution in [0.1, 0.15) is 18.9 Å². The molecule has 0 aliphatic carbocycles. The molecular formula is C19H19N3O4. The van der Waals surface area contributed by atoms with Crippen LogP contribution < -0.4 is 20.7 Å². The smallest absolute Gasteiger partial charge is 0.349 e. The zero-order valence-electron chi connectivity index (χ0n) is 14.6. The number of nitrogens with one attached hydrogen (secondary N) is 1. The van der Waals surface area contributed by atoms with E-state index < -0.39 is 11.2 Å². The zero-order chi connectivity index (χ0) is 18.5. The summed E-state index contributed by atoms with van der Waals surface area (Å²) < 4.78 is 11.7. The van der Waals surface area contributed by atoms with Gasteiger partial charge in [0, 0.05) is 0 Å². The minimum Gasteiger partial charge on any atom is -0.493 e. The van der Waals surface area contributed by atoms with E-state index in [4.69, 9.17) is 9.47 Å². The third kappa shape index (κ3) is 3.51. The average Bonchev–Trinajstić information content (AvgIpc) is 2.66. The first-order valence-corrected chi connectivity index (χ1v) is 8.23. The number of nitrogens with zero attached hydrogens (tertiary/aromatic N) is 2. The van der Waals surface area contributed by atoms with Crippen LogP contribution in [0.15, 0.2) is 57.2 Å². The molecule has 0 atom stereocenters. The Kier molecular flexibility index (Phi) is 5.17. The second-order valence-corrected chi connectivity index (χ2v) is 5.60. The van der Waals surface area contributed by atoms with Gasteiger partial charge < -0.3 is 14.5 Å². The first-order chi connectivity index (χ1) is 12.6. The minimum absolute atomic E-state index is 0.394. The van der Waals surface area contributed by atoms with E-state index in [1.54, 1.807) is 49.6 Å². The van der Waals surface area contributed by atoms with Crippen LogP contribution in [0.25, 0.3) is 10.9 Å². The monoisotopic (exact) mass is 353 g/mol. The van der Waals surface area contributed by atoms with Gasteiger partial charge in [-0.1, -0.05) is 19.1 Å². The summed E-state index contributed by atoms with van der Waals surface area (Å²) in [6.45, 7) is 2.57. The van der Waals surface area contributed by atoms with Gasteiger partial charge in [0.2, 0.25) is 0 Å². The number of aromatic nitrogens is 2. The number of aromatic amines is 1. The van der Waals surface area contributed by atoms with Gasteiger partial charge in [0.05, 0.1) is 30.8 Å². The molecule has 0 aliphatic rings. The fourth-order valence-electron chi connectivity index (χ4n) is 2.48. The van der Waals surface area contributed by atoms with Crippen molar-refractivity contribution in [1.29, 1.82) is 0 Å². The van der Waals surface area contributed by atoms with Gasteiger partial charge in [-0.05, 0) is 42.3 Å². The second-order valence-electron chi connectivity index (χ2n) is 5.60. The Morgan fingerprint density at radius 2 is 1.96 bits per heavy atom. The summed E-state index contributed by atoms with van der Waals surface area (Å²) in [5, 5.41) is 4.44. The molecular weight excluding hydrogens is 334 g/mol. The van der Waals surface area contributed by atoms with Gasteiger partial charge in [0.25, 0.3) is 5.56 Å². The Hall–Kier alpha value is -3.35. The maximum atomic E-state index is 12.5. The van der Waals surface area contributed by atoms with E-state index in [1.165, 1.54) is 6.21 Å². The first kappa shape index (κ1) is 17.5. The molecule has 0 radical (unpaired) electrons. The Bertz CT molecular complexity index is 1070. The summed E-state index contributed by atoms with van der Waals surface area (Å²) in [5.41, 5.74) is 0.0856. The zero-order valence-corrected chi connectivity index (χ0v) is 14.6. The Morgan fingerprint density at radius 1 is 1.15 bits per heavy atom. The third-order valence-electron chi connectivity index (χ3n) is 3.76. The van der Waals surface area contributed by atoms with Gasteiger partial charge in [0.15, 0.2) is 11.5 Å². The lowest BCUT2D eigenvalue weighted by molar-refractivity contribution is 0.294. The highest BCUT2D eigenvalue weighted by molar-refractivity contribution is 5.81. The number of para-hydroxylation sites is 1. The van der Waals surface area contributed by atoms with Gasteiger partial charge in [-0.15, -0.1) is 4.68 Å². The molecule has 0 aliphatic heterocycles. The lowest BCUT2D eigenvalue weighted by Crippen LogP contribution is -2.32. The molecule has 0 bridgehead atoms. The molecule has 0 saturated heterocycles. The van der Waals surface area contributed by atoms with Crippen molar-refractivity contribution >= 4 is 17.1 Å². The second kappa shape index (κ2) is 7.69. The van der Waals surface area contributed by atoms with Crippen LogP contribution in [0.4, 0.5) is 0 Å². The summed E-state index contributed by atoms with van der Waals surface area (Å²) in [7, 11) is 1.57. The van der Waals surface area contributed by atoms with Crippen LogP contribution in [0.3, 0.4) is 0 Å². The highest BCUT2D eigenvalue weighted by Gasteiger charge is 2.07. The number of fused-ring (bicyclic) bond motifs is 1. The van der Waals surface area contributed by atoms with Crippen LogP contribution in [0.5, 0.6) is 11.5 Å². The van der Waals surface area contributed by atoms with Crippen LogP contribution in [-0.4, -0.2) is 29.6 Å². The van der Waals surface area contributed by atoms with E-state index in [0.717, 1.165) is 11.1 Å². The molecule has 3 rings (SSSR count). The normalized spacial score (nSPS) is 11.2. The summed E-state index contributed by atoms with van der Waals surface area (Å²) in [4.78, 5) is 27.2. The molecule has 1 N–H and O–H groups in total. The molecule has 1 heterocycles. The molecule has 3 aromatic rings. The Morgan fingerprint density at radius 3 is 2.73 bits per heavy atom. The Labute approximate surface area is 149 Å². The highest BCUT2D eigenvalue weighted by atomic mass is 16.5. The summed E-state index contributed by atoms with van der Waals surface area (Å²) >= 11 is 0. The lowest BCUT2D eigenvalue weighted by Gasteiger charge is -2.10. The van der Waals surface area contributed by atoms with E-state index in [0.29, 0.717) is 34.6 Å². The van der Waals surface area contributed by atoms with Gasteiger partial charge in [-0.3, -0.25) is 4.79 Å². The fourth-order valence-corrected chi connectivity index (χ4v) is 2.48. The van der Waals surface area contributed by atoms with Crippen molar-refractivity contribution in [1.82, 2.24) is 9.66 Å². The number of hydrogen-bond acceptors (Lipinski definition) is 5. The van der Waals surface area contributed by atoms with Crippen molar-refractivity contribution in [2.75, 3.05) is 13.7 Å². The van der Waals surface area contributed by atoms with E-state index in [-0.39, 0.29) is 0 Å². The van der Waals surface area contributed by atoms with Crippen molar-refractivity contribution in [3.05, 3.63) is 68.9 Å². The van der Waals surface area contributed by atoms with Gasteiger partial charge >= 0.3 is 5.69 Å². The Balaban J connectivity index is 1.99. The van der Waals surface area contributed by atoms with E-state index in [2.05, 4.69) is 10.1 Å². The third-order valence-corrected chi connectivity index (χ3v) is 3.76. The number of H-pyrrole nitrogens is 1. The van der Waals surface area contributed by atoms with Crippen LogP contribution in [-0.2, 0) is 0 Å². The SMILES string of the molecule is CCCOc1cc(C=Nn2c(=O)[nH]c3ccccc3c2=O)ccc1OC. The van der Waals surface area contributed by atoms with Crippen LogP contribution >= 0.6 is 0 Å². The summed E-state index contributed by atoms with van der Waals surface area (Å²) in [5.74, 6) is 1.19. The number of methoxy groups -OCH3 is 1. The molecule has 26 heavy (non-hydrogen) atoms. The van der Waals surface area contributed by atoms with Crippen molar-refractivity contribution in [2.24, 2.45) is 5.10 Å².